The molecule has 4 heterocycles. The van der Waals surface area contributed by atoms with E-state index in [0.29, 0.717) is 31.7 Å². The van der Waals surface area contributed by atoms with Crippen LogP contribution < -0.4 is 0 Å². The lowest BCUT2D eigenvalue weighted by atomic mass is 10.0. The number of carbonyl (C=O) groups is 1. The Morgan fingerprint density at radius 1 is 1.38 bits per heavy atom. The standard InChI is InChI=1S/C17H25N3O3S/c1-12-16(24-11-18-12)10-19-8-13-6-14(23-15(13)9-19)7-17(21)20-2-4-22-5-3-20/h11,13-15H,2-10H2,1H3/t13-,14-,15+/m0/s1. The average Bonchev–Trinajstić information content (AvgIpc) is 3.24. The first-order chi connectivity index (χ1) is 11.7. The van der Waals surface area contributed by atoms with Gasteiger partial charge in [0.2, 0.25) is 5.91 Å². The number of aryl methyl sites for hydroxylation is 1. The molecule has 0 N–H and O–H groups in total. The van der Waals surface area contributed by atoms with Crippen molar-refractivity contribution >= 4 is 17.2 Å². The largest absolute Gasteiger partial charge is 0.378 e. The van der Waals surface area contributed by atoms with Gasteiger partial charge in [0.15, 0.2) is 0 Å². The summed E-state index contributed by atoms with van der Waals surface area (Å²) in [5, 5.41) is 0. The number of ether oxygens (including phenoxy) is 2. The fourth-order valence-electron chi connectivity index (χ4n) is 4.03. The van der Waals surface area contributed by atoms with E-state index in [-0.39, 0.29) is 12.0 Å². The summed E-state index contributed by atoms with van der Waals surface area (Å²) < 4.78 is 11.5. The second kappa shape index (κ2) is 7.07. The summed E-state index contributed by atoms with van der Waals surface area (Å²) in [6, 6.07) is 0. The van der Waals surface area contributed by atoms with Crippen LogP contribution in [0.1, 0.15) is 23.4 Å². The van der Waals surface area contributed by atoms with E-state index < -0.39 is 0 Å². The van der Waals surface area contributed by atoms with Crippen molar-refractivity contribution in [1.82, 2.24) is 14.8 Å². The van der Waals surface area contributed by atoms with E-state index in [4.69, 9.17) is 9.47 Å². The molecule has 1 amide bonds. The number of fused-ring (bicyclic) bond motifs is 1. The Bertz CT molecular complexity index is 573. The molecule has 132 valence electrons. The van der Waals surface area contributed by atoms with E-state index in [1.807, 2.05) is 10.4 Å². The average molecular weight is 351 g/mol. The van der Waals surface area contributed by atoms with Crippen molar-refractivity contribution in [2.24, 2.45) is 5.92 Å². The van der Waals surface area contributed by atoms with Crippen molar-refractivity contribution < 1.29 is 14.3 Å². The van der Waals surface area contributed by atoms with Crippen molar-refractivity contribution in [3.63, 3.8) is 0 Å². The van der Waals surface area contributed by atoms with Gasteiger partial charge in [-0.3, -0.25) is 9.69 Å². The van der Waals surface area contributed by atoms with Gasteiger partial charge in [-0.25, -0.2) is 4.98 Å². The van der Waals surface area contributed by atoms with Crippen LogP contribution in [0.4, 0.5) is 0 Å². The highest BCUT2D eigenvalue weighted by Gasteiger charge is 2.42. The van der Waals surface area contributed by atoms with E-state index in [0.717, 1.165) is 44.8 Å². The molecular formula is C17H25N3O3S. The second-order valence-electron chi connectivity index (χ2n) is 7.04. The van der Waals surface area contributed by atoms with Crippen molar-refractivity contribution in [1.29, 1.82) is 0 Å². The van der Waals surface area contributed by atoms with Gasteiger partial charge in [0.1, 0.15) is 0 Å². The van der Waals surface area contributed by atoms with Gasteiger partial charge >= 0.3 is 0 Å². The number of morpholine rings is 1. The summed E-state index contributed by atoms with van der Waals surface area (Å²) >= 11 is 1.74. The molecular weight excluding hydrogens is 326 g/mol. The minimum atomic E-state index is 0.0997. The number of aromatic nitrogens is 1. The van der Waals surface area contributed by atoms with Crippen LogP contribution >= 0.6 is 11.3 Å². The fraction of sp³-hybridized carbons (Fsp3) is 0.765. The van der Waals surface area contributed by atoms with E-state index in [2.05, 4.69) is 16.8 Å². The Morgan fingerprint density at radius 3 is 2.92 bits per heavy atom. The van der Waals surface area contributed by atoms with Crippen LogP contribution in [0.25, 0.3) is 0 Å². The van der Waals surface area contributed by atoms with Crippen LogP contribution in [-0.2, 0) is 20.8 Å². The highest BCUT2D eigenvalue weighted by atomic mass is 32.1. The van der Waals surface area contributed by atoms with E-state index in [1.165, 1.54) is 4.88 Å². The van der Waals surface area contributed by atoms with E-state index in [1.54, 1.807) is 11.3 Å². The van der Waals surface area contributed by atoms with Gasteiger partial charge in [0.25, 0.3) is 0 Å². The van der Waals surface area contributed by atoms with Crippen molar-refractivity contribution in [3.8, 4) is 0 Å². The van der Waals surface area contributed by atoms with Gasteiger partial charge in [-0.1, -0.05) is 0 Å². The first kappa shape index (κ1) is 16.4. The molecule has 0 radical (unpaired) electrons. The zero-order chi connectivity index (χ0) is 16.5. The molecule has 24 heavy (non-hydrogen) atoms. The first-order valence-electron chi connectivity index (χ1n) is 8.81. The number of likely N-dealkylation sites (tertiary alicyclic amines) is 1. The summed E-state index contributed by atoms with van der Waals surface area (Å²) in [7, 11) is 0. The highest BCUT2D eigenvalue weighted by molar-refractivity contribution is 7.09. The van der Waals surface area contributed by atoms with Crippen LogP contribution in [0.3, 0.4) is 0 Å². The lowest BCUT2D eigenvalue weighted by Crippen LogP contribution is -2.42. The number of thiazole rings is 1. The molecule has 3 aliphatic heterocycles. The quantitative estimate of drug-likeness (QED) is 0.818. The van der Waals surface area contributed by atoms with Crippen LogP contribution in [0.15, 0.2) is 5.51 Å². The van der Waals surface area contributed by atoms with Crippen molar-refractivity contribution in [2.75, 3.05) is 39.4 Å². The molecule has 3 aliphatic rings. The fourth-order valence-corrected chi connectivity index (χ4v) is 4.84. The summed E-state index contributed by atoms with van der Waals surface area (Å²) in [6.45, 7) is 7.87. The van der Waals surface area contributed by atoms with Gasteiger partial charge in [-0.05, 0) is 13.3 Å². The monoisotopic (exact) mass is 351 g/mol. The Balaban J connectivity index is 1.25. The van der Waals surface area contributed by atoms with E-state index in [9.17, 15) is 4.79 Å². The van der Waals surface area contributed by atoms with Gasteiger partial charge in [0, 0.05) is 43.5 Å². The number of carbonyl (C=O) groups excluding carboxylic acids is 1. The SMILES string of the molecule is Cc1ncsc1CN1C[C@@H]2C[C@@H](CC(=O)N3CCOCC3)O[C@@H]2C1. The zero-order valence-corrected chi connectivity index (χ0v) is 15.0. The third-order valence-electron chi connectivity index (χ3n) is 5.37. The van der Waals surface area contributed by atoms with Crippen LogP contribution in [0.5, 0.6) is 0 Å². The van der Waals surface area contributed by atoms with Crippen molar-refractivity contribution in [2.45, 2.75) is 38.5 Å². The maximum absolute atomic E-state index is 12.4. The Hall–Kier alpha value is -1.02. The lowest BCUT2D eigenvalue weighted by molar-refractivity contribution is -0.138. The minimum Gasteiger partial charge on any atom is -0.378 e. The molecule has 3 atom stereocenters. The molecule has 1 aromatic heterocycles. The van der Waals surface area contributed by atoms with E-state index >= 15 is 0 Å². The maximum Gasteiger partial charge on any atom is 0.225 e. The van der Waals surface area contributed by atoms with Gasteiger partial charge in [-0.15, -0.1) is 11.3 Å². The number of rotatable bonds is 4. The predicted octanol–water partition coefficient (Wildman–Crippen LogP) is 1.29. The minimum absolute atomic E-state index is 0.0997. The molecule has 1 aromatic rings. The molecule has 4 rings (SSSR count). The maximum atomic E-state index is 12.4. The topological polar surface area (TPSA) is 54.9 Å². The Labute approximate surface area is 146 Å². The third-order valence-corrected chi connectivity index (χ3v) is 6.29. The molecule has 3 saturated heterocycles. The summed E-state index contributed by atoms with van der Waals surface area (Å²) in [5.74, 6) is 0.793. The summed E-state index contributed by atoms with van der Waals surface area (Å²) in [4.78, 5) is 22.4. The normalized spacial score (nSPS) is 30.7. The second-order valence-corrected chi connectivity index (χ2v) is 7.98. The summed E-state index contributed by atoms with van der Waals surface area (Å²) in [6.07, 6.45) is 1.93. The predicted molar refractivity (Wildman–Crippen MR) is 90.9 cm³/mol. The smallest absolute Gasteiger partial charge is 0.225 e. The highest BCUT2D eigenvalue weighted by Crippen LogP contribution is 2.35. The number of amides is 1. The number of hydrogen-bond acceptors (Lipinski definition) is 6. The first-order valence-corrected chi connectivity index (χ1v) is 9.69. The van der Waals surface area contributed by atoms with Gasteiger partial charge < -0.3 is 14.4 Å². The van der Waals surface area contributed by atoms with Crippen LogP contribution in [0, 0.1) is 12.8 Å². The molecule has 0 unspecified atom stereocenters. The molecule has 0 bridgehead atoms. The van der Waals surface area contributed by atoms with Crippen molar-refractivity contribution in [3.05, 3.63) is 16.1 Å². The molecule has 0 saturated carbocycles. The molecule has 0 aromatic carbocycles. The Morgan fingerprint density at radius 2 is 2.21 bits per heavy atom. The van der Waals surface area contributed by atoms with Crippen LogP contribution in [-0.4, -0.2) is 72.3 Å². The molecule has 0 spiro atoms. The summed E-state index contributed by atoms with van der Waals surface area (Å²) in [5.41, 5.74) is 3.07. The van der Waals surface area contributed by atoms with Gasteiger partial charge in [-0.2, -0.15) is 0 Å². The van der Waals surface area contributed by atoms with Gasteiger partial charge in [0.05, 0.1) is 43.0 Å². The molecule has 3 fully saturated rings. The lowest BCUT2D eigenvalue weighted by Gasteiger charge is -2.28. The Kier molecular flexibility index (Phi) is 4.85. The molecule has 0 aliphatic carbocycles. The number of nitrogens with zero attached hydrogens (tertiary/aromatic N) is 3. The van der Waals surface area contributed by atoms with Crippen LogP contribution in [0.2, 0.25) is 0 Å². The third kappa shape index (κ3) is 3.49. The number of hydrogen-bond donors (Lipinski definition) is 0. The molecule has 6 nitrogen and oxygen atoms in total. The molecule has 7 heteroatoms. The zero-order valence-electron chi connectivity index (χ0n) is 14.1.